The summed E-state index contributed by atoms with van der Waals surface area (Å²) < 4.78 is 5.75. The lowest BCUT2D eigenvalue weighted by Crippen LogP contribution is -2.26. The van der Waals surface area contributed by atoms with Crippen LogP contribution < -0.4 is 0 Å². The predicted octanol–water partition coefficient (Wildman–Crippen LogP) is 3.79. The van der Waals surface area contributed by atoms with Gasteiger partial charge in [-0.15, -0.1) is 0 Å². The van der Waals surface area contributed by atoms with Gasteiger partial charge in [0.05, 0.1) is 12.2 Å². The summed E-state index contributed by atoms with van der Waals surface area (Å²) >= 11 is 0. The van der Waals surface area contributed by atoms with Crippen LogP contribution in [0.3, 0.4) is 0 Å². The molecule has 0 fully saturated rings. The molecule has 0 amide bonds. The van der Waals surface area contributed by atoms with Crippen molar-refractivity contribution in [3.8, 4) is 0 Å². The van der Waals surface area contributed by atoms with Crippen molar-refractivity contribution < 1.29 is 4.74 Å². The fraction of sp³-hybridized carbons (Fsp3) is 0.833. The molecule has 13 heavy (non-hydrogen) atoms. The molecule has 0 aromatic heterocycles. The lowest BCUT2D eigenvalue weighted by atomic mass is 9.99. The summed E-state index contributed by atoms with van der Waals surface area (Å²) in [6, 6.07) is 0. The smallest absolute Gasteiger partial charge is 0.0784 e. The molecule has 0 aliphatic carbocycles. The van der Waals surface area contributed by atoms with Gasteiger partial charge in [-0.25, -0.2) is 0 Å². The molecule has 0 aromatic carbocycles. The van der Waals surface area contributed by atoms with Crippen molar-refractivity contribution in [1.29, 1.82) is 0 Å². The molecule has 1 aliphatic heterocycles. The van der Waals surface area contributed by atoms with Gasteiger partial charge in [0.25, 0.3) is 0 Å². The van der Waals surface area contributed by atoms with E-state index in [2.05, 4.69) is 32.9 Å². The Labute approximate surface area is 83.2 Å². The molecule has 0 N–H and O–H groups in total. The first kappa shape index (κ1) is 12.7. The van der Waals surface area contributed by atoms with Crippen molar-refractivity contribution in [1.82, 2.24) is 0 Å². The van der Waals surface area contributed by atoms with Crippen LogP contribution in [-0.4, -0.2) is 12.2 Å². The van der Waals surface area contributed by atoms with Crippen molar-refractivity contribution in [2.45, 2.75) is 59.7 Å². The van der Waals surface area contributed by atoms with Crippen LogP contribution in [0.2, 0.25) is 0 Å². The predicted molar refractivity (Wildman–Crippen MR) is 58.9 cm³/mol. The van der Waals surface area contributed by atoms with E-state index in [-0.39, 0.29) is 0 Å². The largest absolute Gasteiger partial charge is 0.371 e. The Bertz CT molecular complexity index is 140. The maximum atomic E-state index is 5.75. The zero-order valence-electron chi connectivity index (χ0n) is 9.71. The van der Waals surface area contributed by atoms with Gasteiger partial charge >= 0.3 is 0 Å². The summed E-state index contributed by atoms with van der Waals surface area (Å²) in [5, 5.41) is 0. The highest BCUT2D eigenvalue weighted by Gasteiger charge is 2.18. The zero-order chi connectivity index (χ0) is 10.3. The minimum Gasteiger partial charge on any atom is -0.371 e. The molecular formula is C12H24O. The van der Waals surface area contributed by atoms with Gasteiger partial charge in [-0.1, -0.05) is 46.3 Å². The molecule has 0 radical (unpaired) electrons. The number of ether oxygens (including phenoxy) is 1. The Morgan fingerprint density at radius 1 is 1.46 bits per heavy atom. The third-order valence-corrected chi connectivity index (χ3v) is 2.39. The molecule has 78 valence electrons. The quantitative estimate of drug-likeness (QED) is 0.593. The number of hydrogen-bond acceptors (Lipinski definition) is 1. The zero-order valence-corrected chi connectivity index (χ0v) is 9.71. The van der Waals surface area contributed by atoms with E-state index >= 15 is 0 Å². The van der Waals surface area contributed by atoms with Crippen LogP contribution in [0.15, 0.2) is 12.2 Å². The van der Waals surface area contributed by atoms with E-state index in [1.54, 1.807) is 0 Å². The van der Waals surface area contributed by atoms with E-state index in [0.717, 1.165) is 6.42 Å². The second-order valence-corrected chi connectivity index (χ2v) is 3.46. The van der Waals surface area contributed by atoms with Crippen LogP contribution in [0.1, 0.15) is 47.5 Å². The van der Waals surface area contributed by atoms with Crippen LogP contribution in [0.4, 0.5) is 0 Å². The highest BCUT2D eigenvalue weighted by molar-refractivity contribution is 4.96. The summed E-state index contributed by atoms with van der Waals surface area (Å²) in [6.45, 7) is 10.6. The van der Waals surface area contributed by atoms with E-state index in [0.29, 0.717) is 18.1 Å². The van der Waals surface area contributed by atoms with Crippen LogP contribution in [0.25, 0.3) is 0 Å². The summed E-state index contributed by atoms with van der Waals surface area (Å²) in [4.78, 5) is 0. The first-order valence-corrected chi connectivity index (χ1v) is 5.56. The second kappa shape index (κ2) is 7.14. The van der Waals surface area contributed by atoms with Gasteiger partial charge < -0.3 is 4.74 Å². The third kappa shape index (κ3) is 4.47. The Morgan fingerprint density at radius 3 is 2.54 bits per heavy atom. The standard InChI is InChI=1S/C10H18O.C2H6/c1-4-8(2)10-7-5-6-9(3)11-10;1-2/h5,7-10H,4,6H2,1-3H3;1-2H3/t8?,9-,10+;/m1./s1. The minimum atomic E-state index is 0.365. The normalized spacial score (nSPS) is 29.0. The molecule has 1 aliphatic rings. The van der Waals surface area contributed by atoms with E-state index in [1.165, 1.54) is 6.42 Å². The van der Waals surface area contributed by atoms with Gasteiger partial charge in [0.15, 0.2) is 0 Å². The van der Waals surface area contributed by atoms with Crippen molar-refractivity contribution in [3.63, 3.8) is 0 Å². The Morgan fingerprint density at radius 2 is 2.08 bits per heavy atom. The van der Waals surface area contributed by atoms with Crippen molar-refractivity contribution in [2.24, 2.45) is 5.92 Å². The molecular weight excluding hydrogens is 160 g/mol. The molecule has 0 saturated carbocycles. The highest BCUT2D eigenvalue weighted by atomic mass is 16.5. The Hall–Kier alpha value is -0.300. The van der Waals surface area contributed by atoms with Gasteiger partial charge in [0.2, 0.25) is 0 Å². The fourth-order valence-corrected chi connectivity index (χ4v) is 1.33. The monoisotopic (exact) mass is 184 g/mol. The fourth-order valence-electron chi connectivity index (χ4n) is 1.33. The third-order valence-electron chi connectivity index (χ3n) is 2.39. The van der Waals surface area contributed by atoms with Gasteiger partial charge in [0.1, 0.15) is 0 Å². The maximum Gasteiger partial charge on any atom is 0.0784 e. The molecule has 1 heterocycles. The van der Waals surface area contributed by atoms with Gasteiger partial charge in [-0.3, -0.25) is 0 Å². The second-order valence-electron chi connectivity index (χ2n) is 3.46. The molecule has 1 unspecified atom stereocenters. The van der Waals surface area contributed by atoms with Crippen molar-refractivity contribution >= 4 is 0 Å². The molecule has 1 nitrogen and oxygen atoms in total. The van der Waals surface area contributed by atoms with E-state index < -0.39 is 0 Å². The summed E-state index contributed by atoms with van der Waals surface area (Å²) in [5.41, 5.74) is 0. The van der Waals surface area contributed by atoms with Crippen LogP contribution in [-0.2, 0) is 4.74 Å². The molecule has 0 saturated heterocycles. The molecule has 0 spiro atoms. The Kier molecular flexibility index (Phi) is 6.97. The molecule has 1 heteroatoms. The van der Waals surface area contributed by atoms with Crippen LogP contribution in [0, 0.1) is 5.92 Å². The molecule has 1 rings (SSSR count). The average Bonchev–Trinajstić information content (AvgIpc) is 2.20. The first-order chi connectivity index (χ1) is 6.24. The molecule has 0 aromatic rings. The summed E-state index contributed by atoms with van der Waals surface area (Å²) in [5.74, 6) is 0.661. The maximum absolute atomic E-state index is 5.75. The average molecular weight is 184 g/mol. The highest BCUT2D eigenvalue weighted by Crippen LogP contribution is 2.20. The number of rotatable bonds is 2. The molecule has 0 bridgehead atoms. The minimum absolute atomic E-state index is 0.365. The van der Waals surface area contributed by atoms with Gasteiger partial charge in [0, 0.05) is 0 Å². The van der Waals surface area contributed by atoms with E-state index in [1.807, 2.05) is 13.8 Å². The van der Waals surface area contributed by atoms with Crippen LogP contribution >= 0.6 is 0 Å². The van der Waals surface area contributed by atoms with Gasteiger partial charge in [-0.2, -0.15) is 0 Å². The lowest BCUT2D eigenvalue weighted by Gasteiger charge is -2.27. The van der Waals surface area contributed by atoms with Crippen LogP contribution in [0.5, 0.6) is 0 Å². The SMILES string of the molecule is CC.CCC(C)[C@@H]1C=CC[C@@H](C)O1. The lowest BCUT2D eigenvalue weighted by molar-refractivity contribution is -0.0103. The Balaban J connectivity index is 0.000000671. The summed E-state index contributed by atoms with van der Waals surface area (Å²) in [6.07, 6.45) is 7.50. The van der Waals surface area contributed by atoms with Gasteiger partial charge in [-0.05, 0) is 19.3 Å². The topological polar surface area (TPSA) is 9.23 Å². The molecule has 3 atom stereocenters. The van der Waals surface area contributed by atoms with Crippen molar-refractivity contribution in [3.05, 3.63) is 12.2 Å². The van der Waals surface area contributed by atoms with E-state index in [9.17, 15) is 0 Å². The van der Waals surface area contributed by atoms with Crippen molar-refractivity contribution in [2.75, 3.05) is 0 Å². The van der Waals surface area contributed by atoms with E-state index in [4.69, 9.17) is 4.74 Å². The number of hydrogen-bond donors (Lipinski definition) is 0. The summed E-state index contributed by atoms with van der Waals surface area (Å²) in [7, 11) is 0. The first-order valence-electron chi connectivity index (χ1n) is 5.56.